The second kappa shape index (κ2) is 6.40. The normalized spacial score (nSPS) is 20.3. The zero-order valence-corrected chi connectivity index (χ0v) is 12.2. The maximum atomic E-state index is 9.13. The number of hydrogen-bond acceptors (Lipinski definition) is 3. The number of rotatable bonds is 4. The first-order valence-electron chi connectivity index (χ1n) is 7.20. The van der Waals surface area contributed by atoms with Gasteiger partial charge >= 0.3 is 0 Å². The number of ether oxygens (including phenoxy) is 1. The molecule has 0 spiro atoms. The van der Waals surface area contributed by atoms with Crippen LogP contribution in [0.2, 0.25) is 0 Å². The van der Waals surface area contributed by atoms with E-state index in [2.05, 4.69) is 38.2 Å². The summed E-state index contributed by atoms with van der Waals surface area (Å²) >= 11 is 0. The molecule has 0 aromatic heterocycles. The standard InChI is InChI=1S/C16H25NO2/c1-11(10-18)9-17-15-5-4-6-19-16-8-13(3)12(2)7-14(15)16/h7-8,11,15,17-18H,4-6,9-10H2,1-3H3. The maximum absolute atomic E-state index is 9.13. The maximum Gasteiger partial charge on any atom is 0.124 e. The summed E-state index contributed by atoms with van der Waals surface area (Å²) < 4.78 is 5.86. The van der Waals surface area contributed by atoms with Crippen molar-refractivity contribution in [2.24, 2.45) is 5.92 Å². The van der Waals surface area contributed by atoms with Crippen LogP contribution in [0.15, 0.2) is 12.1 Å². The van der Waals surface area contributed by atoms with E-state index < -0.39 is 0 Å². The highest BCUT2D eigenvalue weighted by atomic mass is 16.5. The van der Waals surface area contributed by atoms with Crippen molar-refractivity contribution >= 4 is 0 Å². The molecule has 0 amide bonds. The Bertz CT molecular complexity index is 431. The van der Waals surface area contributed by atoms with Crippen LogP contribution in [0.5, 0.6) is 5.75 Å². The molecule has 0 fully saturated rings. The van der Waals surface area contributed by atoms with Crippen molar-refractivity contribution < 1.29 is 9.84 Å². The smallest absolute Gasteiger partial charge is 0.124 e. The highest BCUT2D eigenvalue weighted by molar-refractivity contribution is 5.44. The predicted octanol–water partition coefficient (Wildman–Crippen LogP) is 2.74. The van der Waals surface area contributed by atoms with Crippen LogP contribution in [0.4, 0.5) is 0 Å². The average Bonchev–Trinajstić information content (AvgIpc) is 2.59. The molecule has 3 heteroatoms. The molecule has 2 N–H and O–H groups in total. The van der Waals surface area contributed by atoms with Crippen molar-refractivity contribution in [1.82, 2.24) is 5.32 Å². The number of nitrogens with one attached hydrogen (secondary N) is 1. The second-order valence-corrected chi connectivity index (χ2v) is 5.71. The molecule has 1 aliphatic rings. The number of fused-ring (bicyclic) bond motifs is 1. The van der Waals surface area contributed by atoms with Crippen molar-refractivity contribution in [2.45, 2.75) is 39.7 Å². The molecule has 1 heterocycles. The Hall–Kier alpha value is -1.06. The van der Waals surface area contributed by atoms with Crippen LogP contribution in [-0.2, 0) is 0 Å². The van der Waals surface area contributed by atoms with Crippen LogP contribution < -0.4 is 10.1 Å². The minimum atomic E-state index is 0.232. The summed E-state index contributed by atoms with van der Waals surface area (Å²) in [5.74, 6) is 1.31. The molecule has 1 aliphatic heterocycles. The van der Waals surface area contributed by atoms with Gasteiger partial charge in [0, 0.05) is 24.8 Å². The van der Waals surface area contributed by atoms with E-state index in [0.29, 0.717) is 12.0 Å². The summed E-state index contributed by atoms with van der Waals surface area (Å²) in [6.07, 6.45) is 2.16. The van der Waals surface area contributed by atoms with Crippen LogP contribution in [0, 0.1) is 19.8 Å². The van der Waals surface area contributed by atoms with Gasteiger partial charge in [-0.2, -0.15) is 0 Å². The molecule has 1 aromatic carbocycles. The van der Waals surface area contributed by atoms with E-state index in [1.807, 2.05) is 0 Å². The van der Waals surface area contributed by atoms with Crippen molar-refractivity contribution in [3.8, 4) is 5.75 Å². The van der Waals surface area contributed by atoms with E-state index in [4.69, 9.17) is 9.84 Å². The van der Waals surface area contributed by atoms with Gasteiger partial charge in [0.25, 0.3) is 0 Å². The molecule has 0 aliphatic carbocycles. The molecular weight excluding hydrogens is 238 g/mol. The van der Waals surface area contributed by atoms with Gasteiger partial charge in [-0.15, -0.1) is 0 Å². The van der Waals surface area contributed by atoms with E-state index in [1.54, 1.807) is 0 Å². The molecule has 0 saturated heterocycles. The fraction of sp³-hybridized carbons (Fsp3) is 0.625. The lowest BCUT2D eigenvalue weighted by Gasteiger charge is -2.21. The van der Waals surface area contributed by atoms with Crippen molar-refractivity contribution in [1.29, 1.82) is 0 Å². The third-order valence-corrected chi connectivity index (χ3v) is 3.92. The van der Waals surface area contributed by atoms with E-state index in [0.717, 1.165) is 31.7 Å². The monoisotopic (exact) mass is 263 g/mol. The summed E-state index contributed by atoms with van der Waals surface area (Å²) in [6.45, 7) is 8.20. The lowest BCUT2D eigenvalue weighted by atomic mass is 9.97. The quantitative estimate of drug-likeness (QED) is 0.877. The first-order valence-corrected chi connectivity index (χ1v) is 7.20. The van der Waals surface area contributed by atoms with Crippen molar-refractivity contribution in [3.63, 3.8) is 0 Å². The zero-order valence-electron chi connectivity index (χ0n) is 12.2. The summed E-state index contributed by atoms with van der Waals surface area (Å²) in [5.41, 5.74) is 3.86. The van der Waals surface area contributed by atoms with Gasteiger partial charge in [-0.3, -0.25) is 0 Å². The van der Waals surface area contributed by atoms with Crippen LogP contribution >= 0.6 is 0 Å². The molecule has 0 radical (unpaired) electrons. The first-order chi connectivity index (χ1) is 9.11. The van der Waals surface area contributed by atoms with E-state index in [-0.39, 0.29) is 6.61 Å². The molecule has 0 bridgehead atoms. The minimum absolute atomic E-state index is 0.232. The van der Waals surface area contributed by atoms with E-state index in [1.165, 1.54) is 16.7 Å². The lowest BCUT2D eigenvalue weighted by Crippen LogP contribution is -2.27. The van der Waals surface area contributed by atoms with Crippen molar-refractivity contribution in [3.05, 3.63) is 28.8 Å². The number of aryl methyl sites for hydroxylation is 2. The summed E-state index contributed by atoms with van der Waals surface area (Å²) in [5, 5.41) is 12.7. The second-order valence-electron chi connectivity index (χ2n) is 5.71. The Morgan fingerprint density at radius 3 is 2.84 bits per heavy atom. The van der Waals surface area contributed by atoms with Crippen LogP contribution in [0.25, 0.3) is 0 Å². The number of benzene rings is 1. The van der Waals surface area contributed by atoms with Gasteiger partial charge in [-0.1, -0.05) is 13.0 Å². The topological polar surface area (TPSA) is 41.5 Å². The molecule has 106 valence electrons. The van der Waals surface area contributed by atoms with Crippen LogP contribution in [-0.4, -0.2) is 24.9 Å². The summed E-state index contributed by atoms with van der Waals surface area (Å²) in [7, 11) is 0. The number of aliphatic hydroxyl groups excluding tert-OH is 1. The first kappa shape index (κ1) is 14.4. The van der Waals surface area contributed by atoms with Gasteiger partial charge < -0.3 is 15.2 Å². The highest BCUT2D eigenvalue weighted by Gasteiger charge is 2.20. The Morgan fingerprint density at radius 1 is 1.37 bits per heavy atom. The third kappa shape index (κ3) is 3.48. The highest BCUT2D eigenvalue weighted by Crippen LogP contribution is 2.33. The molecule has 2 unspecified atom stereocenters. The van der Waals surface area contributed by atoms with Crippen LogP contribution in [0.3, 0.4) is 0 Å². The SMILES string of the molecule is Cc1cc2c(cc1C)C(NCC(C)CO)CCCO2. The number of aliphatic hydroxyl groups is 1. The fourth-order valence-corrected chi connectivity index (χ4v) is 2.45. The molecule has 1 aromatic rings. The Kier molecular flexibility index (Phi) is 4.83. The molecule has 19 heavy (non-hydrogen) atoms. The van der Waals surface area contributed by atoms with Gasteiger partial charge in [0.2, 0.25) is 0 Å². The van der Waals surface area contributed by atoms with E-state index in [9.17, 15) is 0 Å². The third-order valence-electron chi connectivity index (χ3n) is 3.92. The summed E-state index contributed by atoms with van der Waals surface area (Å²) in [4.78, 5) is 0. The van der Waals surface area contributed by atoms with Gasteiger partial charge in [0.15, 0.2) is 0 Å². The van der Waals surface area contributed by atoms with Crippen molar-refractivity contribution in [2.75, 3.05) is 19.8 Å². The van der Waals surface area contributed by atoms with Gasteiger partial charge in [-0.05, 0) is 49.8 Å². The Balaban J connectivity index is 2.19. The molecule has 0 saturated carbocycles. The largest absolute Gasteiger partial charge is 0.493 e. The average molecular weight is 263 g/mol. The molecule has 2 atom stereocenters. The molecule has 2 rings (SSSR count). The molecule has 3 nitrogen and oxygen atoms in total. The van der Waals surface area contributed by atoms with E-state index >= 15 is 0 Å². The van der Waals surface area contributed by atoms with Crippen LogP contribution in [0.1, 0.15) is 42.5 Å². The fourth-order valence-electron chi connectivity index (χ4n) is 2.45. The minimum Gasteiger partial charge on any atom is -0.493 e. The lowest BCUT2D eigenvalue weighted by molar-refractivity contribution is 0.229. The predicted molar refractivity (Wildman–Crippen MR) is 77.6 cm³/mol. The van der Waals surface area contributed by atoms with Gasteiger partial charge in [0.1, 0.15) is 5.75 Å². The Labute approximate surface area is 116 Å². The number of hydrogen-bond donors (Lipinski definition) is 2. The zero-order chi connectivity index (χ0) is 13.8. The Morgan fingerprint density at radius 2 is 2.11 bits per heavy atom. The summed E-state index contributed by atoms with van der Waals surface area (Å²) in [6, 6.07) is 4.74. The molecular formula is C16H25NO2. The van der Waals surface area contributed by atoms with Gasteiger partial charge in [0.05, 0.1) is 6.61 Å². The van der Waals surface area contributed by atoms with Gasteiger partial charge in [-0.25, -0.2) is 0 Å².